The SMILES string of the molecule is CC(OC(=O)Nc1cc(Cl)sc1-c1ccccc1-c1ccc(C2(C(=O)O)CC2)cc1)c1ccc(F)c(F)c1. The average molecular weight is 554 g/mol. The van der Waals surface area contributed by atoms with Crippen molar-refractivity contribution in [1.82, 2.24) is 0 Å². The molecule has 38 heavy (non-hydrogen) atoms. The largest absolute Gasteiger partial charge is 0.481 e. The highest BCUT2D eigenvalue weighted by Gasteiger charge is 2.51. The number of hydrogen-bond acceptors (Lipinski definition) is 4. The number of nitrogens with one attached hydrogen (secondary N) is 1. The van der Waals surface area contributed by atoms with Gasteiger partial charge in [0.1, 0.15) is 6.10 Å². The van der Waals surface area contributed by atoms with Gasteiger partial charge in [0.2, 0.25) is 0 Å². The summed E-state index contributed by atoms with van der Waals surface area (Å²) in [6, 6.07) is 20.1. The number of benzene rings is 3. The summed E-state index contributed by atoms with van der Waals surface area (Å²) >= 11 is 7.62. The Bertz CT molecular complexity index is 1530. The zero-order valence-electron chi connectivity index (χ0n) is 20.1. The number of rotatable bonds is 7. The molecule has 1 heterocycles. The first-order chi connectivity index (χ1) is 18.2. The van der Waals surface area contributed by atoms with Crippen LogP contribution in [0.3, 0.4) is 0 Å². The van der Waals surface area contributed by atoms with E-state index in [-0.39, 0.29) is 0 Å². The summed E-state index contributed by atoms with van der Waals surface area (Å²) in [7, 11) is 0. The molecule has 4 aromatic rings. The summed E-state index contributed by atoms with van der Waals surface area (Å²) in [6.45, 7) is 1.56. The van der Waals surface area contributed by atoms with Crippen LogP contribution in [0, 0.1) is 11.6 Å². The zero-order chi connectivity index (χ0) is 27.0. The molecule has 3 aromatic carbocycles. The number of ether oxygens (including phenoxy) is 1. The smallest absolute Gasteiger partial charge is 0.412 e. The van der Waals surface area contributed by atoms with Crippen LogP contribution in [0.15, 0.2) is 72.8 Å². The van der Waals surface area contributed by atoms with E-state index in [1.54, 1.807) is 13.0 Å². The third-order valence-electron chi connectivity index (χ3n) is 6.72. The molecule has 1 amide bonds. The van der Waals surface area contributed by atoms with E-state index < -0.39 is 35.2 Å². The lowest BCUT2D eigenvalue weighted by molar-refractivity contribution is -0.140. The Balaban J connectivity index is 1.39. The molecule has 1 saturated carbocycles. The van der Waals surface area contributed by atoms with Crippen LogP contribution in [-0.4, -0.2) is 17.2 Å². The van der Waals surface area contributed by atoms with Gasteiger partial charge in [0.15, 0.2) is 11.6 Å². The molecule has 0 bridgehead atoms. The first-order valence-corrected chi connectivity index (χ1v) is 13.0. The van der Waals surface area contributed by atoms with E-state index in [0.29, 0.717) is 33.3 Å². The van der Waals surface area contributed by atoms with E-state index >= 15 is 0 Å². The number of amides is 1. The maximum Gasteiger partial charge on any atom is 0.412 e. The van der Waals surface area contributed by atoms with Crippen molar-refractivity contribution < 1.29 is 28.2 Å². The molecule has 1 aromatic heterocycles. The molecular formula is C29H22ClF2NO4S. The van der Waals surface area contributed by atoms with E-state index in [2.05, 4.69) is 5.32 Å². The zero-order valence-corrected chi connectivity index (χ0v) is 21.7. The van der Waals surface area contributed by atoms with E-state index in [0.717, 1.165) is 34.4 Å². The Morgan fingerprint density at radius 2 is 1.68 bits per heavy atom. The number of carbonyl (C=O) groups excluding carboxylic acids is 1. The normalized spacial score (nSPS) is 14.5. The molecular weight excluding hydrogens is 532 g/mol. The Morgan fingerprint density at radius 1 is 1.00 bits per heavy atom. The Kier molecular flexibility index (Phi) is 6.94. The van der Waals surface area contributed by atoms with Crippen molar-refractivity contribution in [2.75, 3.05) is 5.32 Å². The van der Waals surface area contributed by atoms with Gasteiger partial charge in [-0.05, 0) is 60.2 Å². The number of carboxylic acid groups (broad SMARTS) is 1. The summed E-state index contributed by atoms with van der Waals surface area (Å²) < 4.78 is 32.7. The van der Waals surface area contributed by atoms with Crippen molar-refractivity contribution >= 4 is 40.7 Å². The number of thiophene rings is 1. The second-order valence-electron chi connectivity index (χ2n) is 9.15. The van der Waals surface area contributed by atoms with Crippen LogP contribution < -0.4 is 5.32 Å². The quantitative estimate of drug-likeness (QED) is 0.241. The molecule has 9 heteroatoms. The molecule has 1 atom stereocenters. The minimum Gasteiger partial charge on any atom is -0.481 e. The third kappa shape index (κ3) is 5.01. The van der Waals surface area contributed by atoms with Crippen molar-refractivity contribution in [2.24, 2.45) is 0 Å². The molecule has 0 saturated heterocycles. The van der Waals surface area contributed by atoms with Gasteiger partial charge in [0.25, 0.3) is 0 Å². The van der Waals surface area contributed by atoms with Gasteiger partial charge in [-0.1, -0.05) is 66.2 Å². The predicted molar refractivity (Wildman–Crippen MR) is 144 cm³/mol. The number of aliphatic carboxylic acids is 1. The van der Waals surface area contributed by atoms with Crippen LogP contribution in [0.1, 0.15) is 37.0 Å². The van der Waals surface area contributed by atoms with Crippen LogP contribution >= 0.6 is 22.9 Å². The highest BCUT2D eigenvalue weighted by Crippen LogP contribution is 2.49. The third-order valence-corrected chi connectivity index (χ3v) is 8.01. The van der Waals surface area contributed by atoms with Crippen LogP contribution in [0.2, 0.25) is 4.34 Å². The lowest BCUT2D eigenvalue weighted by Gasteiger charge is -2.16. The molecule has 0 aliphatic heterocycles. The Morgan fingerprint density at radius 3 is 2.32 bits per heavy atom. The number of hydrogen-bond donors (Lipinski definition) is 2. The second-order valence-corrected chi connectivity index (χ2v) is 10.8. The van der Waals surface area contributed by atoms with Gasteiger partial charge in [0, 0.05) is 5.56 Å². The average Bonchev–Trinajstić information content (AvgIpc) is 3.64. The molecule has 1 aliphatic carbocycles. The van der Waals surface area contributed by atoms with Crippen LogP contribution in [0.25, 0.3) is 21.6 Å². The molecule has 1 unspecified atom stereocenters. The molecule has 2 N–H and O–H groups in total. The van der Waals surface area contributed by atoms with Crippen molar-refractivity contribution in [2.45, 2.75) is 31.3 Å². The maximum absolute atomic E-state index is 13.6. The molecule has 1 fully saturated rings. The van der Waals surface area contributed by atoms with Gasteiger partial charge >= 0.3 is 12.1 Å². The fourth-order valence-electron chi connectivity index (χ4n) is 4.44. The molecule has 194 valence electrons. The van der Waals surface area contributed by atoms with Gasteiger partial charge in [-0.3, -0.25) is 10.1 Å². The predicted octanol–water partition coefficient (Wildman–Crippen LogP) is 8.44. The van der Waals surface area contributed by atoms with Crippen molar-refractivity contribution in [3.63, 3.8) is 0 Å². The first-order valence-electron chi connectivity index (χ1n) is 11.8. The van der Waals surface area contributed by atoms with Gasteiger partial charge in [0.05, 0.1) is 20.3 Å². The van der Waals surface area contributed by atoms with Crippen molar-refractivity contribution in [3.05, 3.63) is 99.9 Å². The number of carbonyl (C=O) groups is 2. The van der Waals surface area contributed by atoms with Gasteiger partial charge < -0.3 is 9.84 Å². The van der Waals surface area contributed by atoms with Gasteiger partial charge in [-0.15, -0.1) is 11.3 Å². The number of anilines is 1. The highest BCUT2D eigenvalue weighted by atomic mass is 35.5. The first kappa shape index (κ1) is 25.9. The van der Waals surface area contributed by atoms with E-state index in [1.807, 2.05) is 48.5 Å². The van der Waals surface area contributed by atoms with Gasteiger partial charge in [-0.25, -0.2) is 13.6 Å². The lowest BCUT2D eigenvalue weighted by atomic mass is 9.92. The minimum atomic E-state index is -1.02. The molecule has 5 rings (SSSR count). The van der Waals surface area contributed by atoms with Crippen LogP contribution in [-0.2, 0) is 14.9 Å². The minimum absolute atomic E-state index is 0.312. The summed E-state index contributed by atoms with van der Waals surface area (Å²) in [5.74, 6) is -2.81. The molecule has 0 radical (unpaired) electrons. The number of halogens is 3. The Hall–Kier alpha value is -3.75. The monoisotopic (exact) mass is 553 g/mol. The summed E-state index contributed by atoms with van der Waals surface area (Å²) in [5, 5.41) is 12.3. The molecule has 5 nitrogen and oxygen atoms in total. The van der Waals surface area contributed by atoms with Crippen LogP contribution in [0.5, 0.6) is 0 Å². The highest BCUT2D eigenvalue weighted by molar-refractivity contribution is 7.20. The summed E-state index contributed by atoms with van der Waals surface area (Å²) in [4.78, 5) is 25.1. The summed E-state index contributed by atoms with van der Waals surface area (Å²) in [5.41, 5.74) is 3.33. The topological polar surface area (TPSA) is 75.6 Å². The van der Waals surface area contributed by atoms with Crippen LogP contribution in [0.4, 0.5) is 19.3 Å². The van der Waals surface area contributed by atoms with Crippen molar-refractivity contribution in [3.8, 4) is 21.6 Å². The fourth-order valence-corrected chi connectivity index (χ4v) is 5.66. The lowest BCUT2D eigenvalue weighted by Crippen LogP contribution is -2.19. The van der Waals surface area contributed by atoms with E-state index in [4.69, 9.17) is 16.3 Å². The summed E-state index contributed by atoms with van der Waals surface area (Å²) in [6.07, 6.45) is -0.338. The van der Waals surface area contributed by atoms with Gasteiger partial charge in [-0.2, -0.15) is 0 Å². The molecule has 1 aliphatic rings. The van der Waals surface area contributed by atoms with E-state index in [9.17, 15) is 23.5 Å². The standard InChI is InChI=1S/C29H22ClF2NO4S/c1-16(18-8-11-22(31)23(32)14-18)37-28(36)33-24-15-25(30)38-26(24)21-5-3-2-4-20(21)17-6-9-19(10-7-17)29(12-13-29)27(34)35/h2-11,14-16H,12-13H2,1H3,(H,33,36)(H,34,35). The Labute approximate surface area is 226 Å². The maximum atomic E-state index is 13.6. The number of carboxylic acids is 1. The van der Waals surface area contributed by atoms with E-state index in [1.165, 1.54) is 17.4 Å². The molecule has 0 spiro atoms. The second kappa shape index (κ2) is 10.2. The van der Waals surface area contributed by atoms with Crippen molar-refractivity contribution in [1.29, 1.82) is 0 Å². The fraction of sp³-hybridized carbons (Fsp3) is 0.172.